The molecule has 3 rings (SSSR count). The number of rotatable bonds is 5. The highest BCUT2D eigenvalue weighted by Crippen LogP contribution is 2.35. The van der Waals surface area contributed by atoms with Gasteiger partial charge in [0.1, 0.15) is 22.8 Å². The average molecular weight is 400 g/mol. The van der Waals surface area contributed by atoms with Crippen molar-refractivity contribution in [2.45, 2.75) is 20.8 Å². The number of carbonyl (C=O) groups is 1. The fourth-order valence-corrected chi connectivity index (χ4v) is 3.30. The second-order valence-electron chi connectivity index (χ2n) is 6.50. The topological polar surface area (TPSA) is 60.7 Å². The van der Waals surface area contributed by atoms with Gasteiger partial charge in [-0.2, -0.15) is 0 Å². The number of aryl methyl sites for hydroxylation is 2. The van der Waals surface area contributed by atoms with Gasteiger partial charge in [0.05, 0.1) is 19.2 Å². The van der Waals surface area contributed by atoms with Crippen LogP contribution in [-0.2, 0) is 4.79 Å². The maximum atomic E-state index is 12.5. The number of hydrogen-bond acceptors (Lipinski definition) is 4. The third-order valence-electron chi connectivity index (χ3n) is 4.69. The number of furan rings is 1. The molecular formula is C22H22ClNO4. The average Bonchev–Trinajstić information content (AvgIpc) is 2.94. The van der Waals surface area contributed by atoms with E-state index in [0.717, 1.165) is 33.4 Å². The van der Waals surface area contributed by atoms with Crippen molar-refractivity contribution < 1.29 is 18.7 Å². The number of amides is 1. The Morgan fingerprint density at radius 1 is 1.11 bits per heavy atom. The quantitative estimate of drug-likeness (QED) is 0.554. The summed E-state index contributed by atoms with van der Waals surface area (Å²) in [5.74, 6) is 1.80. The molecule has 0 spiro atoms. The summed E-state index contributed by atoms with van der Waals surface area (Å²) < 4.78 is 16.4. The van der Waals surface area contributed by atoms with Gasteiger partial charge in [0, 0.05) is 28.8 Å². The molecule has 6 heteroatoms. The van der Waals surface area contributed by atoms with Crippen molar-refractivity contribution in [2.24, 2.45) is 0 Å². The van der Waals surface area contributed by atoms with Crippen LogP contribution < -0.4 is 14.8 Å². The SMILES string of the molecule is COc1ccc(NC(=O)/C=C(\C)c2cc3c(C)c(C)oc3cc2OC)cc1Cl. The van der Waals surface area contributed by atoms with Crippen LogP contribution in [0.2, 0.25) is 5.02 Å². The summed E-state index contributed by atoms with van der Waals surface area (Å²) in [6.45, 7) is 5.81. The van der Waals surface area contributed by atoms with Gasteiger partial charge in [0.2, 0.25) is 5.91 Å². The number of anilines is 1. The molecule has 0 saturated heterocycles. The van der Waals surface area contributed by atoms with Gasteiger partial charge in [0.15, 0.2) is 0 Å². The predicted molar refractivity (Wildman–Crippen MR) is 113 cm³/mol. The summed E-state index contributed by atoms with van der Waals surface area (Å²) in [7, 11) is 3.14. The highest BCUT2D eigenvalue weighted by molar-refractivity contribution is 6.32. The first kappa shape index (κ1) is 19.8. The van der Waals surface area contributed by atoms with E-state index in [2.05, 4.69) is 5.32 Å². The molecule has 0 unspecified atom stereocenters. The van der Waals surface area contributed by atoms with Crippen molar-refractivity contribution in [3.05, 3.63) is 58.3 Å². The Bertz CT molecular complexity index is 1080. The number of methoxy groups -OCH3 is 2. The van der Waals surface area contributed by atoms with Crippen LogP contribution in [0.1, 0.15) is 23.8 Å². The molecule has 28 heavy (non-hydrogen) atoms. The van der Waals surface area contributed by atoms with Crippen LogP contribution in [0.25, 0.3) is 16.5 Å². The van der Waals surface area contributed by atoms with Crippen molar-refractivity contribution in [1.29, 1.82) is 0 Å². The lowest BCUT2D eigenvalue weighted by atomic mass is 10.0. The number of hydrogen-bond donors (Lipinski definition) is 1. The lowest BCUT2D eigenvalue weighted by Crippen LogP contribution is -2.08. The van der Waals surface area contributed by atoms with E-state index in [1.54, 1.807) is 32.4 Å². The van der Waals surface area contributed by atoms with Crippen LogP contribution in [0.3, 0.4) is 0 Å². The molecule has 2 aromatic carbocycles. The zero-order valence-corrected chi connectivity index (χ0v) is 17.2. The van der Waals surface area contributed by atoms with Gasteiger partial charge in [-0.05, 0) is 56.2 Å². The molecule has 5 nitrogen and oxygen atoms in total. The minimum absolute atomic E-state index is 0.263. The van der Waals surface area contributed by atoms with E-state index < -0.39 is 0 Å². The minimum atomic E-state index is -0.263. The summed E-state index contributed by atoms with van der Waals surface area (Å²) in [5, 5.41) is 4.24. The van der Waals surface area contributed by atoms with Gasteiger partial charge >= 0.3 is 0 Å². The molecule has 0 bridgehead atoms. The van der Waals surface area contributed by atoms with Gasteiger partial charge in [-0.1, -0.05) is 11.6 Å². The Kier molecular flexibility index (Phi) is 5.66. The molecule has 3 aromatic rings. The molecule has 146 valence electrons. The Balaban J connectivity index is 1.90. The van der Waals surface area contributed by atoms with Crippen LogP contribution >= 0.6 is 11.6 Å². The Labute approximate surface area is 168 Å². The molecule has 0 aliphatic rings. The highest BCUT2D eigenvalue weighted by atomic mass is 35.5. The maximum Gasteiger partial charge on any atom is 0.248 e. The summed E-state index contributed by atoms with van der Waals surface area (Å²) in [6.07, 6.45) is 1.53. The van der Waals surface area contributed by atoms with Crippen LogP contribution in [0.5, 0.6) is 11.5 Å². The molecule has 1 amide bonds. The zero-order chi connectivity index (χ0) is 20.4. The number of carbonyl (C=O) groups excluding carboxylic acids is 1. The third kappa shape index (κ3) is 3.85. The van der Waals surface area contributed by atoms with Crippen LogP contribution in [0, 0.1) is 13.8 Å². The minimum Gasteiger partial charge on any atom is -0.496 e. The first-order chi connectivity index (χ1) is 13.3. The fraction of sp³-hybridized carbons (Fsp3) is 0.227. The molecule has 0 fully saturated rings. The molecule has 0 atom stereocenters. The van der Waals surface area contributed by atoms with Crippen molar-refractivity contribution in [1.82, 2.24) is 0 Å². The first-order valence-corrected chi connectivity index (χ1v) is 9.12. The van der Waals surface area contributed by atoms with Gasteiger partial charge in [-0.3, -0.25) is 4.79 Å². The third-order valence-corrected chi connectivity index (χ3v) is 4.98. The second-order valence-corrected chi connectivity index (χ2v) is 6.91. The van der Waals surface area contributed by atoms with Gasteiger partial charge in [0.25, 0.3) is 0 Å². The van der Waals surface area contributed by atoms with E-state index in [1.807, 2.05) is 32.9 Å². The summed E-state index contributed by atoms with van der Waals surface area (Å²) in [6, 6.07) is 8.92. The Morgan fingerprint density at radius 3 is 2.46 bits per heavy atom. The van der Waals surface area contributed by atoms with Crippen molar-refractivity contribution in [2.75, 3.05) is 19.5 Å². The van der Waals surface area contributed by atoms with Crippen LogP contribution in [0.15, 0.2) is 40.8 Å². The highest BCUT2D eigenvalue weighted by Gasteiger charge is 2.14. The Hall–Kier alpha value is -2.92. The molecule has 0 saturated carbocycles. The first-order valence-electron chi connectivity index (χ1n) is 8.75. The number of halogens is 1. The molecular weight excluding hydrogens is 378 g/mol. The van der Waals surface area contributed by atoms with E-state index >= 15 is 0 Å². The lowest BCUT2D eigenvalue weighted by molar-refractivity contribution is -0.111. The second kappa shape index (κ2) is 7.98. The molecule has 1 heterocycles. The number of allylic oxidation sites excluding steroid dienone is 1. The summed E-state index contributed by atoms with van der Waals surface area (Å²) >= 11 is 6.11. The van der Waals surface area contributed by atoms with E-state index in [4.69, 9.17) is 25.5 Å². The van der Waals surface area contributed by atoms with Crippen LogP contribution in [-0.4, -0.2) is 20.1 Å². The van der Waals surface area contributed by atoms with E-state index in [-0.39, 0.29) is 5.91 Å². The zero-order valence-electron chi connectivity index (χ0n) is 16.5. The molecule has 1 aromatic heterocycles. The Morgan fingerprint density at radius 2 is 1.82 bits per heavy atom. The molecule has 0 aliphatic carbocycles. The fourth-order valence-electron chi connectivity index (χ4n) is 3.04. The van der Waals surface area contributed by atoms with Gasteiger partial charge < -0.3 is 19.2 Å². The number of ether oxygens (including phenoxy) is 2. The predicted octanol–water partition coefficient (Wildman–Crippen LogP) is 5.76. The number of fused-ring (bicyclic) bond motifs is 1. The maximum absolute atomic E-state index is 12.5. The number of benzene rings is 2. The monoisotopic (exact) mass is 399 g/mol. The van der Waals surface area contributed by atoms with Crippen molar-refractivity contribution >= 4 is 39.7 Å². The molecule has 0 radical (unpaired) electrons. The smallest absolute Gasteiger partial charge is 0.248 e. The van der Waals surface area contributed by atoms with Gasteiger partial charge in [-0.25, -0.2) is 0 Å². The normalized spacial score (nSPS) is 11.6. The molecule has 1 N–H and O–H groups in total. The van der Waals surface area contributed by atoms with Gasteiger partial charge in [-0.15, -0.1) is 0 Å². The van der Waals surface area contributed by atoms with Crippen molar-refractivity contribution in [3.63, 3.8) is 0 Å². The molecule has 0 aliphatic heterocycles. The van der Waals surface area contributed by atoms with E-state index in [0.29, 0.717) is 22.2 Å². The van der Waals surface area contributed by atoms with Crippen molar-refractivity contribution in [3.8, 4) is 11.5 Å². The van der Waals surface area contributed by atoms with E-state index in [1.165, 1.54) is 6.08 Å². The summed E-state index contributed by atoms with van der Waals surface area (Å²) in [4.78, 5) is 12.5. The number of nitrogens with one attached hydrogen (secondary N) is 1. The lowest BCUT2D eigenvalue weighted by Gasteiger charge is -2.10. The standard InChI is InChI=1S/C22H22ClNO4/c1-12(8-22(25)24-15-6-7-19(26-4)18(23)9-15)16-10-17-13(2)14(3)28-21(17)11-20(16)27-5/h6-11H,1-5H3,(H,24,25)/b12-8+. The summed E-state index contributed by atoms with van der Waals surface area (Å²) in [5.41, 5.74) is 4.03. The van der Waals surface area contributed by atoms with Crippen LogP contribution in [0.4, 0.5) is 5.69 Å². The largest absolute Gasteiger partial charge is 0.496 e. The van der Waals surface area contributed by atoms with E-state index in [9.17, 15) is 4.79 Å².